The van der Waals surface area contributed by atoms with Gasteiger partial charge in [0, 0.05) is 21.5 Å². The molecule has 1 aromatic rings. The van der Waals surface area contributed by atoms with Crippen molar-refractivity contribution in [3.63, 3.8) is 0 Å². The standard InChI is InChI=1S/C12H17NS2/c1-8(2)5-10(13)12-6-9-7-14-4-3-11(9)15-12/h6,10H,1,3-5,7,13H2,2H3. The van der Waals surface area contributed by atoms with Gasteiger partial charge in [0.1, 0.15) is 0 Å². The van der Waals surface area contributed by atoms with Crippen LogP contribution >= 0.6 is 23.1 Å². The molecule has 3 heteroatoms. The minimum Gasteiger partial charge on any atom is -0.323 e. The molecule has 1 aliphatic heterocycles. The summed E-state index contributed by atoms with van der Waals surface area (Å²) in [5.41, 5.74) is 8.84. The predicted molar refractivity (Wildman–Crippen MR) is 70.5 cm³/mol. The van der Waals surface area contributed by atoms with Crippen LogP contribution in [0.25, 0.3) is 0 Å². The largest absolute Gasteiger partial charge is 0.323 e. The highest BCUT2D eigenvalue weighted by molar-refractivity contribution is 7.98. The van der Waals surface area contributed by atoms with Gasteiger partial charge in [0.05, 0.1) is 0 Å². The Hall–Kier alpha value is -0.250. The van der Waals surface area contributed by atoms with Crippen LogP contribution in [-0.2, 0) is 12.2 Å². The number of fused-ring (bicyclic) bond motifs is 1. The Morgan fingerprint density at radius 2 is 2.47 bits per heavy atom. The highest BCUT2D eigenvalue weighted by Gasteiger charge is 2.16. The first-order chi connectivity index (χ1) is 7.16. The van der Waals surface area contributed by atoms with Crippen LogP contribution in [0.4, 0.5) is 0 Å². The fourth-order valence-corrected chi connectivity index (χ4v) is 4.21. The van der Waals surface area contributed by atoms with Gasteiger partial charge in [-0.15, -0.1) is 17.9 Å². The summed E-state index contributed by atoms with van der Waals surface area (Å²) in [4.78, 5) is 2.89. The van der Waals surface area contributed by atoms with Gasteiger partial charge in [-0.05, 0) is 37.1 Å². The molecular weight excluding hydrogens is 222 g/mol. The molecule has 2 heterocycles. The zero-order valence-electron chi connectivity index (χ0n) is 9.08. The molecule has 1 atom stereocenters. The molecule has 1 unspecified atom stereocenters. The molecule has 1 aromatic heterocycles. The van der Waals surface area contributed by atoms with E-state index in [1.807, 2.05) is 30.0 Å². The van der Waals surface area contributed by atoms with Crippen molar-refractivity contribution in [2.75, 3.05) is 5.75 Å². The lowest BCUT2D eigenvalue weighted by atomic mass is 10.1. The first-order valence-electron chi connectivity index (χ1n) is 5.26. The third-order valence-corrected chi connectivity index (χ3v) is 4.96. The molecule has 0 spiro atoms. The number of hydrogen-bond donors (Lipinski definition) is 1. The normalized spacial score (nSPS) is 17.2. The van der Waals surface area contributed by atoms with Gasteiger partial charge in [-0.3, -0.25) is 0 Å². The lowest BCUT2D eigenvalue weighted by Gasteiger charge is -2.08. The van der Waals surface area contributed by atoms with Crippen molar-refractivity contribution in [2.45, 2.75) is 31.6 Å². The molecule has 0 aliphatic carbocycles. The molecule has 82 valence electrons. The highest BCUT2D eigenvalue weighted by Crippen LogP contribution is 2.35. The summed E-state index contributed by atoms with van der Waals surface area (Å²) in [5, 5.41) is 0. The number of rotatable bonds is 3. The molecule has 0 fully saturated rings. The Labute approximate surface area is 99.8 Å². The summed E-state index contributed by atoms with van der Waals surface area (Å²) in [5.74, 6) is 2.44. The number of nitrogens with two attached hydrogens (primary N) is 1. The Balaban J connectivity index is 2.15. The smallest absolute Gasteiger partial charge is 0.0427 e. The maximum atomic E-state index is 6.15. The van der Waals surface area contributed by atoms with Gasteiger partial charge in [0.2, 0.25) is 0 Å². The fraction of sp³-hybridized carbons (Fsp3) is 0.500. The second kappa shape index (κ2) is 4.73. The highest BCUT2D eigenvalue weighted by atomic mass is 32.2. The molecule has 2 rings (SSSR count). The van der Waals surface area contributed by atoms with Gasteiger partial charge in [-0.2, -0.15) is 11.8 Å². The van der Waals surface area contributed by atoms with Crippen molar-refractivity contribution in [2.24, 2.45) is 5.73 Å². The van der Waals surface area contributed by atoms with E-state index in [9.17, 15) is 0 Å². The van der Waals surface area contributed by atoms with Crippen LogP contribution in [0.3, 0.4) is 0 Å². The van der Waals surface area contributed by atoms with Crippen molar-refractivity contribution in [1.29, 1.82) is 0 Å². The van der Waals surface area contributed by atoms with E-state index in [4.69, 9.17) is 5.73 Å². The van der Waals surface area contributed by atoms with Gasteiger partial charge >= 0.3 is 0 Å². The second-order valence-corrected chi connectivity index (χ2v) is 6.44. The first-order valence-corrected chi connectivity index (χ1v) is 7.23. The van der Waals surface area contributed by atoms with Crippen LogP contribution in [0.1, 0.15) is 34.7 Å². The third kappa shape index (κ3) is 2.65. The fourth-order valence-electron chi connectivity index (χ4n) is 1.83. The topological polar surface area (TPSA) is 26.0 Å². The van der Waals surface area contributed by atoms with Crippen molar-refractivity contribution in [3.05, 3.63) is 33.5 Å². The average Bonchev–Trinajstić information content (AvgIpc) is 2.59. The predicted octanol–water partition coefficient (Wildman–Crippen LogP) is 3.50. The molecular formula is C12H17NS2. The lowest BCUT2D eigenvalue weighted by Crippen LogP contribution is -2.08. The minimum absolute atomic E-state index is 0.156. The van der Waals surface area contributed by atoms with Crippen LogP contribution in [0.5, 0.6) is 0 Å². The monoisotopic (exact) mass is 239 g/mol. The molecule has 1 nitrogen and oxygen atoms in total. The first kappa shape index (κ1) is 11.2. The van der Waals surface area contributed by atoms with E-state index < -0.39 is 0 Å². The lowest BCUT2D eigenvalue weighted by molar-refractivity contribution is 0.731. The van der Waals surface area contributed by atoms with E-state index in [2.05, 4.69) is 12.6 Å². The van der Waals surface area contributed by atoms with E-state index in [1.165, 1.54) is 33.9 Å². The molecule has 0 bridgehead atoms. The van der Waals surface area contributed by atoms with Crippen LogP contribution in [0.2, 0.25) is 0 Å². The van der Waals surface area contributed by atoms with Gasteiger partial charge in [-0.25, -0.2) is 0 Å². The Kier molecular flexibility index (Phi) is 3.54. The van der Waals surface area contributed by atoms with Crippen LogP contribution < -0.4 is 5.73 Å². The summed E-state index contributed by atoms with van der Waals surface area (Å²) in [6, 6.07) is 2.46. The number of aryl methyl sites for hydroxylation is 1. The zero-order chi connectivity index (χ0) is 10.8. The maximum Gasteiger partial charge on any atom is 0.0427 e. The number of thioether (sulfide) groups is 1. The summed E-state index contributed by atoms with van der Waals surface area (Å²) in [6.07, 6.45) is 2.14. The number of hydrogen-bond acceptors (Lipinski definition) is 3. The van der Waals surface area contributed by atoms with E-state index >= 15 is 0 Å². The third-order valence-electron chi connectivity index (χ3n) is 2.58. The van der Waals surface area contributed by atoms with E-state index in [0.717, 1.165) is 6.42 Å². The van der Waals surface area contributed by atoms with E-state index in [-0.39, 0.29) is 6.04 Å². The average molecular weight is 239 g/mol. The summed E-state index contributed by atoms with van der Waals surface area (Å²) in [6.45, 7) is 5.97. The quantitative estimate of drug-likeness (QED) is 0.817. The van der Waals surface area contributed by atoms with Gasteiger partial charge < -0.3 is 5.73 Å². The summed E-state index contributed by atoms with van der Waals surface area (Å²) >= 11 is 3.93. The van der Waals surface area contributed by atoms with Crippen LogP contribution in [0.15, 0.2) is 18.2 Å². The molecule has 0 saturated carbocycles. The molecule has 2 N–H and O–H groups in total. The molecule has 0 amide bonds. The summed E-state index contributed by atoms with van der Waals surface area (Å²) in [7, 11) is 0. The second-order valence-electron chi connectivity index (χ2n) is 4.17. The molecule has 0 aromatic carbocycles. The van der Waals surface area contributed by atoms with Crippen molar-refractivity contribution < 1.29 is 0 Å². The zero-order valence-corrected chi connectivity index (χ0v) is 10.7. The van der Waals surface area contributed by atoms with Crippen molar-refractivity contribution in [3.8, 4) is 0 Å². The minimum atomic E-state index is 0.156. The number of thiophene rings is 1. The summed E-state index contributed by atoms with van der Waals surface area (Å²) < 4.78 is 0. The molecule has 15 heavy (non-hydrogen) atoms. The SMILES string of the molecule is C=C(C)CC(N)c1cc2c(s1)CCSC2. The Morgan fingerprint density at radius 1 is 1.67 bits per heavy atom. The van der Waals surface area contributed by atoms with Crippen LogP contribution in [0, 0.1) is 0 Å². The van der Waals surface area contributed by atoms with Crippen LogP contribution in [-0.4, -0.2) is 5.75 Å². The molecule has 1 aliphatic rings. The van der Waals surface area contributed by atoms with Crippen molar-refractivity contribution >= 4 is 23.1 Å². The molecule has 0 radical (unpaired) electrons. The van der Waals surface area contributed by atoms with E-state index in [1.54, 1.807) is 4.88 Å². The van der Waals surface area contributed by atoms with E-state index in [0.29, 0.717) is 0 Å². The van der Waals surface area contributed by atoms with Gasteiger partial charge in [0.25, 0.3) is 0 Å². The van der Waals surface area contributed by atoms with Crippen molar-refractivity contribution in [1.82, 2.24) is 0 Å². The Bertz CT molecular complexity index is 344. The van der Waals surface area contributed by atoms with Gasteiger partial charge in [0.15, 0.2) is 0 Å². The Morgan fingerprint density at radius 3 is 3.13 bits per heavy atom. The maximum absolute atomic E-state index is 6.15. The molecule has 0 saturated heterocycles. The van der Waals surface area contributed by atoms with Gasteiger partial charge in [-0.1, -0.05) is 5.57 Å².